The zero-order chi connectivity index (χ0) is 8.97. The number of rotatable bonds is 3. The van der Waals surface area contributed by atoms with Crippen molar-refractivity contribution in [1.82, 2.24) is 4.68 Å². The fraction of sp³-hybridized carbons (Fsp3) is 0.375. The van der Waals surface area contributed by atoms with E-state index in [0.717, 1.165) is 4.51 Å². The number of aliphatic hydroxyl groups is 1. The standard InChI is InChI=1S/C8H12N2OS/c1-9(6-7-11)10-4-2-8(12)3-5-10/h2-5,11H,6-7H2,1H3. The van der Waals surface area contributed by atoms with E-state index in [0.29, 0.717) is 6.54 Å². The van der Waals surface area contributed by atoms with E-state index in [4.69, 9.17) is 17.3 Å². The summed E-state index contributed by atoms with van der Waals surface area (Å²) in [6.45, 7) is 0.764. The fourth-order valence-corrected chi connectivity index (χ4v) is 1.01. The molecule has 0 aliphatic heterocycles. The second-order valence-corrected chi connectivity index (χ2v) is 2.99. The van der Waals surface area contributed by atoms with E-state index in [-0.39, 0.29) is 6.61 Å². The van der Waals surface area contributed by atoms with E-state index in [2.05, 4.69) is 0 Å². The zero-order valence-corrected chi connectivity index (χ0v) is 7.79. The van der Waals surface area contributed by atoms with Gasteiger partial charge in [-0.25, -0.2) is 0 Å². The molecule has 0 aliphatic rings. The first-order valence-electron chi connectivity index (χ1n) is 3.74. The molecule has 4 heteroatoms. The van der Waals surface area contributed by atoms with Gasteiger partial charge in [-0.1, -0.05) is 12.2 Å². The lowest BCUT2D eigenvalue weighted by molar-refractivity contribution is 0.295. The van der Waals surface area contributed by atoms with Crippen molar-refractivity contribution in [3.8, 4) is 0 Å². The summed E-state index contributed by atoms with van der Waals surface area (Å²) in [5.41, 5.74) is 0. The van der Waals surface area contributed by atoms with Crippen LogP contribution in [-0.4, -0.2) is 30.0 Å². The molecule has 12 heavy (non-hydrogen) atoms. The van der Waals surface area contributed by atoms with Gasteiger partial charge in [-0.2, -0.15) is 0 Å². The topological polar surface area (TPSA) is 28.4 Å². The molecule has 66 valence electrons. The highest BCUT2D eigenvalue weighted by molar-refractivity contribution is 7.71. The maximum Gasteiger partial charge on any atom is 0.0622 e. The molecule has 0 saturated carbocycles. The van der Waals surface area contributed by atoms with Crippen LogP contribution in [-0.2, 0) is 0 Å². The smallest absolute Gasteiger partial charge is 0.0622 e. The van der Waals surface area contributed by atoms with Crippen molar-refractivity contribution >= 4 is 12.2 Å². The molecule has 0 amide bonds. The van der Waals surface area contributed by atoms with Gasteiger partial charge in [0.15, 0.2) is 0 Å². The van der Waals surface area contributed by atoms with E-state index in [1.54, 1.807) is 0 Å². The molecule has 1 N–H and O–H groups in total. The minimum atomic E-state index is 0.152. The van der Waals surface area contributed by atoms with E-state index in [1.165, 1.54) is 0 Å². The van der Waals surface area contributed by atoms with Gasteiger partial charge in [-0.05, 0) is 12.1 Å². The zero-order valence-electron chi connectivity index (χ0n) is 6.97. The maximum absolute atomic E-state index is 8.68. The second-order valence-electron chi connectivity index (χ2n) is 2.52. The molecule has 0 aliphatic carbocycles. The average molecular weight is 184 g/mol. The Morgan fingerprint density at radius 2 is 2.08 bits per heavy atom. The first kappa shape index (κ1) is 9.22. The highest BCUT2D eigenvalue weighted by atomic mass is 32.1. The molecule has 0 unspecified atom stereocenters. The summed E-state index contributed by atoms with van der Waals surface area (Å²) in [5, 5.41) is 10.6. The molecular formula is C8H12N2OS. The molecule has 1 rings (SSSR count). The Morgan fingerprint density at radius 1 is 1.50 bits per heavy atom. The lowest BCUT2D eigenvalue weighted by Crippen LogP contribution is -2.32. The fourth-order valence-electron chi connectivity index (χ4n) is 0.893. The van der Waals surface area contributed by atoms with Crippen LogP contribution in [0.5, 0.6) is 0 Å². The highest BCUT2D eigenvalue weighted by Crippen LogP contribution is 1.92. The molecule has 0 bridgehead atoms. The summed E-state index contributed by atoms with van der Waals surface area (Å²) in [4.78, 5) is 0. The Morgan fingerprint density at radius 3 is 2.58 bits per heavy atom. The summed E-state index contributed by atoms with van der Waals surface area (Å²) < 4.78 is 2.70. The Labute approximate surface area is 76.8 Å². The van der Waals surface area contributed by atoms with E-state index in [9.17, 15) is 0 Å². The van der Waals surface area contributed by atoms with Crippen LogP contribution in [0, 0.1) is 4.51 Å². The van der Waals surface area contributed by atoms with Crippen LogP contribution in [0.2, 0.25) is 0 Å². The monoisotopic (exact) mass is 184 g/mol. The van der Waals surface area contributed by atoms with Crippen LogP contribution in [0.25, 0.3) is 0 Å². The molecule has 3 nitrogen and oxygen atoms in total. The number of nitrogens with zero attached hydrogens (tertiary/aromatic N) is 2. The number of hydrogen-bond acceptors (Lipinski definition) is 3. The third-order valence-electron chi connectivity index (χ3n) is 1.60. The summed E-state index contributed by atoms with van der Waals surface area (Å²) in [5.74, 6) is 0. The molecule has 0 atom stereocenters. The highest BCUT2D eigenvalue weighted by Gasteiger charge is 1.93. The molecule has 1 aromatic heterocycles. The van der Waals surface area contributed by atoms with E-state index in [1.807, 2.05) is 41.3 Å². The van der Waals surface area contributed by atoms with Gasteiger partial charge in [0.1, 0.15) is 0 Å². The third kappa shape index (κ3) is 2.32. The van der Waals surface area contributed by atoms with Crippen molar-refractivity contribution in [2.75, 3.05) is 25.2 Å². The van der Waals surface area contributed by atoms with Crippen LogP contribution in [0.15, 0.2) is 24.5 Å². The minimum absolute atomic E-state index is 0.152. The summed E-state index contributed by atoms with van der Waals surface area (Å²) in [6.07, 6.45) is 3.75. The predicted molar refractivity (Wildman–Crippen MR) is 51.4 cm³/mol. The molecule has 0 aromatic carbocycles. The van der Waals surface area contributed by atoms with Crippen molar-refractivity contribution in [1.29, 1.82) is 0 Å². The summed E-state index contributed by atoms with van der Waals surface area (Å²) in [6, 6.07) is 3.70. The van der Waals surface area contributed by atoms with Gasteiger partial charge < -0.3 is 10.1 Å². The molecule has 0 fully saturated rings. The summed E-state index contributed by atoms with van der Waals surface area (Å²) >= 11 is 4.94. The first-order valence-corrected chi connectivity index (χ1v) is 4.15. The van der Waals surface area contributed by atoms with Gasteiger partial charge in [-0.15, -0.1) is 0 Å². The van der Waals surface area contributed by atoms with Crippen molar-refractivity contribution in [3.05, 3.63) is 29.0 Å². The number of likely N-dealkylation sites (N-methyl/N-ethyl adjacent to an activating group) is 1. The van der Waals surface area contributed by atoms with Gasteiger partial charge in [-0.3, -0.25) is 4.68 Å². The average Bonchev–Trinajstić information content (AvgIpc) is 2.06. The molecule has 0 radical (unpaired) electrons. The maximum atomic E-state index is 8.68. The third-order valence-corrected chi connectivity index (χ3v) is 1.87. The normalized spacial score (nSPS) is 9.83. The van der Waals surface area contributed by atoms with Crippen molar-refractivity contribution < 1.29 is 5.11 Å². The van der Waals surface area contributed by atoms with Gasteiger partial charge in [0.25, 0.3) is 0 Å². The molecular weight excluding hydrogens is 172 g/mol. The van der Waals surface area contributed by atoms with Crippen LogP contribution in [0.1, 0.15) is 0 Å². The number of pyridine rings is 1. The van der Waals surface area contributed by atoms with Crippen LogP contribution in [0.4, 0.5) is 0 Å². The first-order chi connectivity index (χ1) is 5.74. The number of aromatic nitrogens is 1. The molecule has 0 spiro atoms. The largest absolute Gasteiger partial charge is 0.394 e. The predicted octanol–water partition coefficient (Wildman–Crippen LogP) is 0.778. The lowest BCUT2D eigenvalue weighted by atomic mass is 10.5. The van der Waals surface area contributed by atoms with Crippen LogP contribution < -0.4 is 5.01 Å². The van der Waals surface area contributed by atoms with Crippen LogP contribution in [0.3, 0.4) is 0 Å². The second kappa shape index (κ2) is 4.23. The minimum Gasteiger partial charge on any atom is -0.394 e. The Balaban J connectivity index is 2.75. The Hall–Kier alpha value is -0.870. The SMILES string of the molecule is CN(CCO)n1ccc(=S)cc1. The Bertz CT molecular complexity index is 277. The van der Waals surface area contributed by atoms with Crippen molar-refractivity contribution in [2.45, 2.75) is 0 Å². The molecule has 1 aromatic rings. The van der Waals surface area contributed by atoms with Crippen LogP contribution >= 0.6 is 12.2 Å². The van der Waals surface area contributed by atoms with Gasteiger partial charge in [0.05, 0.1) is 13.2 Å². The number of aliphatic hydroxyl groups excluding tert-OH is 1. The Kier molecular flexibility index (Phi) is 3.25. The van der Waals surface area contributed by atoms with Crippen molar-refractivity contribution in [2.24, 2.45) is 0 Å². The van der Waals surface area contributed by atoms with Gasteiger partial charge in [0, 0.05) is 24.0 Å². The molecule has 0 saturated heterocycles. The van der Waals surface area contributed by atoms with Gasteiger partial charge in [0.2, 0.25) is 0 Å². The van der Waals surface area contributed by atoms with E-state index >= 15 is 0 Å². The number of hydrogen-bond donors (Lipinski definition) is 1. The summed E-state index contributed by atoms with van der Waals surface area (Å²) in [7, 11) is 1.90. The lowest BCUT2D eigenvalue weighted by Gasteiger charge is -2.20. The quantitative estimate of drug-likeness (QED) is 0.704. The van der Waals surface area contributed by atoms with E-state index < -0.39 is 0 Å². The molecule has 1 heterocycles. The van der Waals surface area contributed by atoms with Gasteiger partial charge >= 0.3 is 0 Å². The van der Waals surface area contributed by atoms with Crippen molar-refractivity contribution in [3.63, 3.8) is 0 Å².